The van der Waals surface area contributed by atoms with Gasteiger partial charge >= 0.3 is 0 Å². The second kappa shape index (κ2) is 24.7. The van der Waals surface area contributed by atoms with Gasteiger partial charge < -0.3 is 59.1 Å². The summed E-state index contributed by atoms with van der Waals surface area (Å²) >= 11 is 0. The van der Waals surface area contributed by atoms with Crippen LogP contribution in [0, 0.1) is 0 Å². The summed E-state index contributed by atoms with van der Waals surface area (Å²) in [4.78, 5) is 93.8. The van der Waals surface area contributed by atoms with Gasteiger partial charge in [0.05, 0.1) is 0 Å². The molecule has 3 aromatic carbocycles. The van der Waals surface area contributed by atoms with E-state index in [2.05, 4.69) is 41.9 Å². The number of hydrogen-bond acceptors (Lipinski definition) is 9. The summed E-state index contributed by atoms with van der Waals surface area (Å²) in [6, 6.07) is 17.2. The topological polar surface area (TPSA) is 284 Å². The molecule has 17 nitrogen and oxygen atoms in total. The Morgan fingerprint density at radius 3 is 1.06 bits per heavy atom. The van der Waals surface area contributed by atoms with Gasteiger partial charge in [0.2, 0.25) is 35.4 Å². The van der Waals surface area contributed by atoms with Crippen molar-refractivity contribution in [1.82, 2.24) is 41.9 Å². The first-order valence-corrected chi connectivity index (χ1v) is 23.1. The molecular formula is C49H65N11O6. The molecule has 14 N–H and O–H groups in total. The van der Waals surface area contributed by atoms with Gasteiger partial charge in [-0.1, -0.05) is 66.7 Å². The fourth-order valence-corrected chi connectivity index (χ4v) is 8.44. The summed E-state index contributed by atoms with van der Waals surface area (Å²) in [5, 5.41) is 19.1. The number of benzene rings is 3. The molecule has 3 heterocycles. The van der Waals surface area contributed by atoms with Crippen molar-refractivity contribution < 1.29 is 28.8 Å². The molecule has 0 unspecified atom stereocenters. The van der Waals surface area contributed by atoms with Crippen LogP contribution in [0.15, 0.2) is 91.3 Å². The maximum Gasteiger partial charge on any atom is 0.243 e. The van der Waals surface area contributed by atoms with Crippen molar-refractivity contribution in [2.24, 2.45) is 17.2 Å². The summed E-state index contributed by atoms with van der Waals surface area (Å²) < 4.78 is 0. The monoisotopic (exact) mass is 904 g/mol. The number of carbonyl (C=O) groups is 6. The SMILES string of the molecule is NCCCC[C@@H]1NC(=O)[C@H](CCCCN)NC(=O)[C@H](Cc2ccccc2)NC(=O)[C@H](CCCCN)NC(=O)[C@H](Cc2c[nH]c3ccccc23)NC(=O)[C@H](Cc2c[nH]c3ccccc23)NC1=O. The van der Waals surface area contributed by atoms with Gasteiger partial charge in [-0.3, -0.25) is 28.8 Å². The van der Waals surface area contributed by atoms with E-state index in [0.717, 1.165) is 38.5 Å². The minimum Gasteiger partial charge on any atom is -0.361 e. The second-order valence-electron chi connectivity index (χ2n) is 17.0. The van der Waals surface area contributed by atoms with Gasteiger partial charge in [0.25, 0.3) is 0 Å². The highest BCUT2D eigenvalue weighted by Crippen LogP contribution is 2.22. The van der Waals surface area contributed by atoms with E-state index in [1.54, 1.807) is 12.4 Å². The predicted octanol–water partition coefficient (Wildman–Crippen LogP) is 1.99. The van der Waals surface area contributed by atoms with Crippen molar-refractivity contribution in [2.45, 2.75) is 113 Å². The molecule has 0 saturated carbocycles. The van der Waals surface area contributed by atoms with E-state index in [-0.39, 0.29) is 38.5 Å². The van der Waals surface area contributed by atoms with Crippen LogP contribution >= 0.6 is 0 Å². The van der Waals surface area contributed by atoms with Gasteiger partial charge in [0.15, 0.2) is 0 Å². The van der Waals surface area contributed by atoms with Gasteiger partial charge in [0.1, 0.15) is 36.3 Å². The Hall–Kier alpha value is -6.56. The molecule has 1 aliphatic heterocycles. The van der Waals surface area contributed by atoms with E-state index in [4.69, 9.17) is 17.2 Å². The largest absolute Gasteiger partial charge is 0.361 e. The second-order valence-corrected chi connectivity index (χ2v) is 17.0. The van der Waals surface area contributed by atoms with E-state index in [0.29, 0.717) is 58.2 Å². The van der Waals surface area contributed by atoms with Crippen LogP contribution in [0.2, 0.25) is 0 Å². The highest BCUT2D eigenvalue weighted by Gasteiger charge is 2.35. The number of aromatic amines is 2. The summed E-state index contributed by atoms with van der Waals surface area (Å²) in [6.45, 7) is 1.07. The minimum atomic E-state index is -1.24. The van der Waals surface area contributed by atoms with E-state index >= 15 is 0 Å². The fourth-order valence-electron chi connectivity index (χ4n) is 8.44. The van der Waals surface area contributed by atoms with Crippen molar-refractivity contribution in [3.05, 3.63) is 108 Å². The first kappa shape index (κ1) is 48.9. The van der Waals surface area contributed by atoms with Crippen LogP contribution in [-0.4, -0.2) is 101 Å². The molecule has 352 valence electrons. The number of amides is 6. The van der Waals surface area contributed by atoms with Crippen LogP contribution in [0.25, 0.3) is 21.8 Å². The molecule has 1 fully saturated rings. The Labute approximate surface area is 384 Å². The van der Waals surface area contributed by atoms with Gasteiger partial charge in [0, 0.05) is 53.5 Å². The Morgan fingerprint density at radius 1 is 0.364 bits per heavy atom. The van der Waals surface area contributed by atoms with Crippen LogP contribution in [0.1, 0.15) is 74.5 Å². The summed E-state index contributed by atoms with van der Waals surface area (Å²) in [6.07, 6.45) is 7.34. The first-order chi connectivity index (χ1) is 32.1. The summed E-state index contributed by atoms with van der Waals surface area (Å²) in [5.74, 6) is -3.77. The number of carbonyl (C=O) groups excluding carboxylic acids is 6. The van der Waals surface area contributed by atoms with Gasteiger partial charge in [-0.05, 0) is 106 Å². The van der Waals surface area contributed by atoms with E-state index in [1.807, 2.05) is 78.9 Å². The average Bonchev–Trinajstić information content (AvgIpc) is 3.93. The molecule has 2 aromatic heterocycles. The number of H-pyrrole nitrogens is 2. The van der Waals surface area contributed by atoms with Crippen LogP contribution in [-0.2, 0) is 48.0 Å². The molecule has 1 saturated heterocycles. The van der Waals surface area contributed by atoms with Gasteiger partial charge in [-0.25, -0.2) is 0 Å². The molecule has 0 radical (unpaired) electrons. The average molecular weight is 904 g/mol. The summed E-state index contributed by atoms with van der Waals surface area (Å²) in [7, 11) is 0. The number of nitrogens with one attached hydrogen (secondary N) is 8. The van der Waals surface area contributed by atoms with Crippen molar-refractivity contribution >= 4 is 57.2 Å². The maximum absolute atomic E-state index is 14.8. The highest BCUT2D eigenvalue weighted by molar-refractivity contribution is 5.99. The number of para-hydroxylation sites is 2. The zero-order valence-corrected chi connectivity index (χ0v) is 37.4. The number of aromatic nitrogens is 2. The lowest BCUT2D eigenvalue weighted by Crippen LogP contribution is -2.62. The molecule has 1 aliphatic rings. The number of fused-ring (bicyclic) bond motifs is 2. The van der Waals surface area contributed by atoms with E-state index < -0.39 is 71.7 Å². The summed E-state index contributed by atoms with van der Waals surface area (Å²) in [5.41, 5.74) is 21.4. The maximum atomic E-state index is 14.8. The zero-order valence-electron chi connectivity index (χ0n) is 37.4. The van der Waals surface area contributed by atoms with Crippen LogP contribution in [0.5, 0.6) is 0 Å². The fraction of sp³-hybridized carbons (Fsp3) is 0.429. The Morgan fingerprint density at radius 2 is 0.682 bits per heavy atom. The predicted molar refractivity (Wildman–Crippen MR) is 254 cm³/mol. The molecule has 17 heteroatoms. The Balaban J connectivity index is 1.42. The number of unbranched alkanes of at least 4 members (excludes halogenated alkanes) is 3. The molecule has 0 bridgehead atoms. The van der Waals surface area contributed by atoms with Crippen molar-refractivity contribution in [2.75, 3.05) is 19.6 Å². The molecule has 6 amide bonds. The molecular weight excluding hydrogens is 839 g/mol. The normalized spacial score (nSPS) is 21.6. The van der Waals surface area contributed by atoms with E-state index in [1.165, 1.54) is 0 Å². The lowest BCUT2D eigenvalue weighted by molar-refractivity contribution is -0.136. The standard InChI is InChI=1S/C49H65N11O6/c50-23-11-8-20-38-44(61)55-39(21-9-12-24-51)46(63)59-43(28-33-30-54-37-19-7-5-17-35(33)37)49(66)60-42(27-32-29-53-36-18-6-4-16-34(32)36)48(65)57-40(22-10-13-25-52)45(62)58-41(47(64)56-38)26-31-14-2-1-3-15-31/h1-7,14-19,29-30,38-43,53-54H,8-13,20-28,50-52H2,(H,55,61)(H,56,64)(H,57,65)(H,58,62)(H,59,63)(H,60,66)/t38-,39-,40-,41-,42-,43-/m0/s1. The lowest BCUT2D eigenvalue weighted by atomic mass is 9.99. The van der Waals surface area contributed by atoms with Crippen molar-refractivity contribution in [3.63, 3.8) is 0 Å². The number of rotatable bonds is 18. The molecule has 6 rings (SSSR count). The smallest absolute Gasteiger partial charge is 0.243 e. The minimum absolute atomic E-state index is 0.0227. The molecule has 6 atom stereocenters. The molecule has 0 spiro atoms. The third-order valence-corrected chi connectivity index (χ3v) is 12.1. The Kier molecular flexibility index (Phi) is 18.3. The molecule has 0 aliphatic carbocycles. The van der Waals surface area contributed by atoms with Gasteiger partial charge in [-0.2, -0.15) is 0 Å². The molecule has 66 heavy (non-hydrogen) atoms. The molecule has 5 aromatic rings. The first-order valence-electron chi connectivity index (χ1n) is 23.1. The van der Waals surface area contributed by atoms with Crippen molar-refractivity contribution in [3.8, 4) is 0 Å². The Bertz CT molecular complexity index is 2400. The number of hydrogen-bond donors (Lipinski definition) is 11. The number of nitrogens with two attached hydrogens (primary N) is 3. The van der Waals surface area contributed by atoms with Crippen LogP contribution in [0.3, 0.4) is 0 Å². The third kappa shape index (κ3) is 13.5. The third-order valence-electron chi connectivity index (χ3n) is 12.1. The van der Waals surface area contributed by atoms with Crippen molar-refractivity contribution in [1.29, 1.82) is 0 Å². The quantitative estimate of drug-likeness (QED) is 0.0573. The van der Waals surface area contributed by atoms with E-state index in [9.17, 15) is 28.8 Å². The highest BCUT2D eigenvalue weighted by atomic mass is 16.2. The zero-order chi connectivity index (χ0) is 46.8. The van der Waals surface area contributed by atoms with Crippen LogP contribution < -0.4 is 49.1 Å². The van der Waals surface area contributed by atoms with Gasteiger partial charge in [-0.15, -0.1) is 0 Å². The van der Waals surface area contributed by atoms with Crippen LogP contribution in [0.4, 0.5) is 0 Å². The lowest BCUT2D eigenvalue weighted by Gasteiger charge is -2.29.